The highest BCUT2D eigenvalue weighted by Gasteiger charge is 2.34. The summed E-state index contributed by atoms with van der Waals surface area (Å²) in [6.45, 7) is 3.65. The Bertz CT molecular complexity index is 613. The molecule has 2 atom stereocenters. The molecule has 0 spiro atoms. The first-order valence-corrected chi connectivity index (χ1v) is 8.44. The molecule has 0 aromatic heterocycles. The monoisotopic (exact) mass is 296 g/mol. The van der Waals surface area contributed by atoms with E-state index < -0.39 is 10.0 Å². The zero-order chi connectivity index (χ0) is 14.3. The average molecular weight is 296 g/mol. The van der Waals surface area contributed by atoms with E-state index in [-0.39, 0.29) is 12.0 Å². The number of nitrogens with two attached hydrogens (primary N) is 1. The fourth-order valence-corrected chi connectivity index (χ4v) is 4.44. The molecule has 0 radical (unpaired) electrons. The van der Waals surface area contributed by atoms with Crippen LogP contribution in [-0.2, 0) is 16.4 Å². The molecule has 2 aliphatic heterocycles. The summed E-state index contributed by atoms with van der Waals surface area (Å²) in [6.07, 6.45) is 1.62. The second-order valence-electron chi connectivity index (χ2n) is 5.64. The van der Waals surface area contributed by atoms with Crippen molar-refractivity contribution in [2.24, 2.45) is 11.7 Å². The molecule has 2 unspecified atom stereocenters. The molecule has 110 valence electrons. The summed E-state index contributed by atoms with van der Waals surface area (Å²) in [5.74, 6) is 1.06. The predicted molar refractivity (Wildman–Crippen MR) is 76.2 cm³/mol. The first kappa shape index (κ1) is 13.9. The maximum atomic E-state index is 12.6. The molecule has 2 heterocycles. The van der Waals surface area contributed by atoms with Gasteiger partial charge in [-0.15, -0.1) is 0 Å². The average Bonchev–Trinajstić information content (AvgIpc) is 3.07. The first-order valence-electron chi connectivity index (χ1n) is 7.00. The maximum absolute atomic E-state index is 12.6. The Hall–Kier alpha value is -1.11. The fourth-order valence-electron chi connectivity index (χ4n) is 2.87. The van der Waals surface area contributed by atoms with Crippen molar-refractivity contribution in [3.8, 4) is 5.75 Å². The third-order valence-corrected chi connectivity index (χ3v) is 6.09. The van der Waals surface area contributed by atoms with Gasteiger partial charge in [0.1, 0.15) is 5.75 Å². The van der Waals surface area contributed by atoms with Crippen molar-refractivity contribution in [3.05, 3.63) is 23.8 Å². The van der Waals surface area contributed by atoms with E-state index in [2.05, 4.69) is 0 Å². The minimum Gasteiger partial charge on any atom is -0.493 e. The van der Waals surface area contributed by atoms with Gasteiger partial charge in [0, 0.05) is 25.6 Å². The number of nitrogens with zero attached hydrogens (tertiary/aromatic N) is 1. The Kier molecular flexibility index (Phi) is 3.48. The van der Waals surface area contributed by atoms with Crippen molar-refractivity contribution in [2.45, 2.75) is 30.7 Å². The summed E-state index contributed by atoms with van der Waals surface area (Å²) in [5.41, 5.74) is 6.86. The number of fused-ring (bicyclic) bond motifs is 1. The van der Waals surface area contributed by atoms with Gasteiger partial charge in [-0.1, -0.05) is 0 Å². The molecule has 3 rings (SSSR count). The summed E-state index contributed by atoms with van der Waals surface area (Å²) in [7, 11) is -3.40. The van der Waals surface area contributed by atoms with Crippen molar-refractivity contribution in [1.29, 1.82) is 0 Å². The van der Waals surface area contributed by atoms with Gasteiger partial charge in [0.15, 0.2) is 0 Å². The van der Waals surface area contributed by atoms with E-state index in [9.17, 15) is 8.42 Å². The molecule has 1 saturated heterocycles. The van der Waals surface area contributed by atoms with Crippen molar-refractivity contribution in [1.82, 2.24) is 4.31 Å². The van der Waals surface area contributed by atoms with E-state index >= 15 is 0 Å². The van der Waals surface area contributed by atoms with Crippen molar-refractivity contribution >= 4 is 10.0 Å². The lowest BCUT2D eigenvalue weighted by atomic mass is 10.0. The normalized spacial score (nSPS) is 24.4. The van der Waals surface area contributed by atoms with Gasteiger partial charge in [0.2, 0.25) is 10.0 Å². The maximum Gasteiger partial charge on any atom is 0.243 e. The Morgan fingerprint density at radius 1 is 1.45 bits per heavy atom. The molecule has 0 amide bonds. The molecule has 1 fully saturated rings. The molecule has 1 aromatic carbocycles. The topological polar surface area (TPSA) is 72.6 Å². The van der Waals surface area contributed by atoms with Gasteiger partial charge >= 0.3 is 0 Å². The summed E-state index contributed by atoms with van der Waals surface area (Å²) < 4.78 is 32.3. The number of sulfonamides is 1. The largest absolute Gasteiger partial charge is 0.493 e. The van der Waals surface area contributed by atoms with Gasteiger partial charge < -0.3 is 10.5 Å². The van der Waals surface area contributed by atoms with Crippen LogP contribution in [-0.4, -0.2) is 38.5 Å². The van der Waals surface area contributed by atoms with E-state index in [1.165, 1.54) is 0 Å². The summed E-state index contributed by atoms with van der Waals surface area (Å²) >= 11 is 0. The minimum absolute atomic E-state index is 0.0311. The Morgan fingerprint density at radius 3 is 2.95 bits per heavy atom. The molecule has 2 N–H and O–H groups in total. The van der Waals surface area contributed by atoms with Gasteiger partial charge in [0.05, 0.1) is 11.5 Å². The molecule has 0 saturated carbocycles. The molecular formula is C14H20N2O3S. The van der Waals surface area contributed by atoms with Crippen LogP contribution in [0.1, 0.15) is 18.9 Å². The fraction of sp³-hybridized carbons (Fsp3) is 0.571. The quantitative estimate of drug-likeness (QED) is 0.902. The predicted octanol–water partition coefficient (Wildman–Crippen LogP) is 0.979. The highest BCUT2D eigenvalue weighted by molar-refractivity contribution is 7.89. The van der Waals surface area contributed by atoms with Crippen LogP contribution in [0.15, 0.2) is 23.1 Å². The number of hydrogen-bond donors (Lipinski definition) is 1. The van der Waals surface area contributed by atoms with Crippen LogP contribution < -0.4 is 10.5 Å². The Morgan fingerprint density at radius 2 is 2.25 bits per heavy atom. The van der Waals surface area contributed by atoms with E-state index in [0.717, 1.165) is 24.2 Å². The Labute approximate surface area is 119 Å². The second-order valence-corrected chi connectivity index (χ2v) is 7.58. The van der Waals surface area contributed by atoms with E-state index in [1.807, 2.05) is 6.92 Å². The minimum atomic E-state index is -3.40. The lowest BCUT2D eigenvalue weighted by Gasteiger charge is -2.18. The summed E-state index contributed by atoms with van der Waals surface area (Å²) in [4.78, 5) is 0.368. The molecular weight excluding hydrogens is 276 g/mol. The van der Waals surface area contributed by atoms with Crippen LogP contribution >= 0.6 is 0 Å². The summed E-state index contributed by atoms with van der Waals surface area (Å²) in [6, 6.07) is 5.17. The van der Waals surface area contributed by atoms with Crippen LogP contribution in [0.4, 0.5) is 0 Å². The van der Waals surface area contributed by atoms with Gasteiger partial charge in [-0.3, -0.25) is 0 Å². The van der Waals surface area contributed by atoms with Gasteiger partial charge in [-0.2, -0.15) is 4.31 Å². The van der Waals surface area contributed by atoms with E-state index in [4.69, 9.17) is 10.5 Å². The lowest BCUT2D eigenvalue weighted by molar-refractivity contribution is 0.356. The molecule has 5 nitrogen and oxygen atoms in total. The third kappa shape index (κ3) is 2.32. The van der Waals surface area contributed by atoms with Crippen molar-refractivity contribution in [2.75, 3.05) is 19.7 Å². The zero-order valence-corrected chi connectivity index (χ0v) is 12.4. The van der Waals surface area contributed by atoms with Crippen molar-refractivity contribution in [3.63, 3.8) is 0 Å². The van der Waals surface area contributed by atoms with Crippen LogP contribution in [0.2, 0.25) is 0 Å². The number of hydrogen-bond acceptors (Lipinski definition) is 4. The smallest absolute Gasteiger partial charge is 0.243 e. The number of ether oxygens (including phenoxy) is 1. The molecule has 0 aliphatic carbocycles. The summed E-state index contributed by atoms with van der Waals surface area (Å²) in [5, 5.41) is 0. The van der Waals surface area contributed by atoms with E-state index in [1.54, 1.807) is 22.5 Å². The van der Waals surface area contributed by atoms with Gasteiger partial charge in [-0.25, -0.2) is 8.42 Å². The molecule has 0 bridgehead atoms. The van der Waals surface area contributed by atoms with Crippen LogP contribution in [0.25, 0.3) is 0 Å². The highest BCUT2D eigenvalue weighted by Crippen LogP contribution is 2.31. The van der Waals surface area contributed by atoms with Gasteiger partial charge in [-0.05, 0) is 43.0 Å². The Balaban J connectivity index is 1.86. The SMILES string of the molecule is CC(N)C1CCN(S(=O)(=O)c2ccc3c(c2)CCO3)C1. The molecule has 1 aromatic rings. The second kappa shape index (κ2) is 5.02. The standard InChI is InChI=1S/C14H20N2O3S/c1-10(15)12-4-6-16(9-12)20(17,18)13-2-3-14-11(8-13)5-7-19-14/h2-3,8,10,12H,4-7,9,15H2,1H3. The third-order valence-electron chi connectivity index (χ3n) is 4.23. The van der Waals surface area contributed by atoms with Crippen LogP contribution in [0.5, 0.6) is 5.75 Å². The molecule has 2 aliphatic rings. The van der Waals surface area contributed by atoms with Crippen LogP contribution in [0, 0.1) is 5.92 Å². The van der Waals surface area contributed by atoms with Crippen molar-refractivity contribution < 1.29 is 13.2 Å². The molecule has 6 heteroatoms. The lowest BCUT2D eigenvalue weighted by Crippen LogP contribution is -2.33. The highest BCUT2D eigenvalue weighted by atomic mass is 32.2. The number of benzene rings is 1. The van der Waals surface area contributed by atoms with Crippen LogP contribution in [0.3, 0.4) is 0 Å². The van der Waals surface area contributed by atoms with E-state index in [0.29, 0.717) is 24.6 Å². The molecule has 20 heavy (non-hydrogen) atoms. The zero-order valence-electron chi connectivity index (χ0n) is 11.6. The van der Waals surface area contributed by atoms with Gasteiger partial charge in [0.25, 0.3) is 0 Å². The number of rotatable bonds is 3. The first-order chi connectivity index (χ1) is 9.48.